The number of rotatable bonds is 3. The smallest absolute Gasteiger partial charge is 0.353 e. The lowest BCUT2D eigenvalue weighted by Crippen LogP contribution is -2.73. The average Bonchev–Trinajstić information content (AvgIpc) is 2.89. The summed E-state index contributed by atoms with van der Waals surface area (Å²) < 4.78 is 13.9. The van der Waals surface area contributed by atoms with Crippen molar-refractivity contribution < 1.29 is 14.1 Å². The summed E-state index contributed by atoms with van der Waals surface area (Å²) in [5.74, 6) is -0.437. The van der Waals surface area contributed by atoms with Gasteiger partial charge in [-0.1, -0.05) is 68.2 Å². The predicted molar refractivity (Wildman–Crippen MR) is 158 cm³/mol. The van der Waals surface area contributed by atoms with E-state index in [4.69, 9.17) is 15.0 Å². The molecule has 1 atom stereocenters. The SMILES string of the molecule is Cc1ccc2c(c1)N=[N+](c1ccccc1C)[C@@]1(Oc3c(C)cc(C)cc3N=[N+]1c1ccccc1)N2[Si](C)(C)C. The van der Waals surface area contributed by atoms with Crippen LogP contribution in [0.5, 0.6) is 5.75 Å². The van der Waals surface area contributed by atoms with Crippen LogP contribution < -0.4 is 9.30 Å². The van der Waals surface area contributed by atoms with Gasteiger partial charge in [0.15, 0.2) is 25.4 Å². The topological polar surface area (TPSA) is 43.2 Å². The number of aryl methyl sites for hydroxylation is 4. The maximum Gasteiger partial charge on any atom is 0.666 e. The minimum Gasteiger partial charge on any atom is -0.353 e. The van der Waals surface area contributed by atoms with E-state index >= 15 is 0 Å². The first-order valence-electron chi connectivity index (χ1n) is 13.5. The van der Waals surface area contributed by atoms with Gasteiger partial charge in [0.25, 0.3) is 0 Å². The Hall–Kier alpha value is -4.10. The third-order valence-electron chi connectivity index (χ3n) is 7.28. The fourth-order valence-electron chi connectivity index (χ4n) is 5.70. The zero-order valence-electron chi connectivity index (χ0n) is 23.7. The Bertz CT molecular complexity index is 1670. The summed E-state index contributed by atoms with van der Waals surface area (Å²) in [6, 6.07) is 29.4. The second kappa shape index (κ2) is 8.98. The maximum absolute atomic E-state index is 7.39. The van der Waals surface area contributed by atoms with E-state index in [9.17, 15) is 0 Å². The molecule has 4 aromatic rings. The van der Waals surface area contributed by atoms with Crippen LogP contribution in [0.3, 0.4) is 0 Å². The van der Waals surface area contributed by atoms with Crippen molar-refractivity contribution in [1.29, 1.82) is 0 Å². The maximum atomic E-state index is 7.39. The van der Waals surface area contributed by atoms with Gasteiger partial charge in [0.2, 0.25) is 11.4 Å². The molecule has 196 valence electrons. The van der Waals surface area contributed by atoms with Crippen molar-refractivity contribution in [3.8, 4) is 5.75 Å². The number of fused-ring (bicyclic) bond motifs is 2. The number of ether oxygens (including phenoxy) is 1. The first-order chi connectivity index (χ1) is 18.6. The number of hydrogen-bond donors (Lipinski definition) is 0. The number of azo groups is 4. The van der Waals surface area contributed by atoms with Gasteiger partial charge in [0.1, 0.15) is 0 Å². The average molecular weight is 534 g/mol. The zero-order chi connectivity index (χ0) is 27.5. The third kappa shape index (κ3) is 4.00. The number of para-hydroxylation sites is 2. The Balaban J connectivity index is 1.80. The van der Waals surface area contributed by atoms with Gasteiger partial charge < -0.3 is 4.74 Å². The molecule has 4 aromatic carbocycles. The molecule has 2 aliphatic heterocycles. The van der Waals surface area contributed by atoms with E-state index in [-0.39, 0.29) is 0 Å². The highest BCUT2D eigenvalue weighted by molar-refractivity contribution is 6.80. The summed E-state index contributed by atoms with van der Waals surface area (Å²) in [4.78, 5) is 0. The zero-order valence-corrected chi connectivity index (χ0v) is 24.7. The van der Waals surface area contributed by atoms with E-state index in [2.05, 4.69) is 123 Å². The largest absolute Gasteiger partial charge is 0.666 e. The molecule has 0 N–H and O–H groups in total. The van der Waals surface area contributed by atoms with E-state index < -0.39 is 14.2 Å². The molecule has 7 heteroatoms. The van der Waals surface area contributed by atoms with Gasteiger partial charge in [-0.05, 0) is 62.6 Å². The molecule has 0 fully saturated rings. The number of anilines is 1. The molecular formula is C32H35N5OSi+2. The fourth-order valence-corrected chi connectivity index (χ4v) is 7.72. The molecule has 0 bridgehead atoms. The third-order valence-corrected chi connectivity index (χ3v) is 9.16. The second-order valence-electron chi connectivity index (χ2n) is 11.6. The van der Waals surface area contributed by atoms with Gasteiger partial charge in [-0.25, -0.2) is 4.57 Å². The summed E-state index contributed by atoms with van der Waals surface area (Å²) in [5.41, 5.74) is 9.16. The number of benzene rings is 4. The van der Waals surface area contributed by atoms with Crippen LogP contribution in [0.25, 0.3) is 0 Å². The van der Waals surface area contributed by atoms with Crippen LogP contribution in [-0.2, 0) is 0 Å². The second-order valence-corrected chi connectivity index (χ2v) is 16.3. The lowest BCUT2D eigenvalue weighted by atomic mass is 10.1. The minimum atomic E-state index is -2.20. The highest BCUT2D eigenvalue weighted by Gasteiger charge is 2.74. The Morgan fingerprint density at radius 3 is 2.08 bits per heavy atom. The minimum absolute atomic E-state index is 0.778. The fraction of sp³-hybridized carbons (Fsp3) is 0.250. The Morgan fingerprint density at radius 2 is 1.36 bits per heavy atom. The monoisotopic (exact) mass is 533 g/mol. The molecule has 0 aliphatic carbocycles. The standard InChI is InChI=1S/C32H35N5OSi/c1-22-17-18-30-27(20-22)33-36(29-16-12-11-13-24(29)3)32(37(30)39(5,6)7)35(26-14-9-8-10-15-26)34-28-21-23(2)19-25(4)31(28)38-32/h8-21H,1-7H3/q+2/t32-/m1/s1. The molecule has 0 aromatic heterocycles. The number of hydrogen-bond acceptors (Lipinski definition) is 4. The van der Waals surface area contributed by atoms with E-state index in [1.165, 1.54) is 5.56 Å². The molecule has 39 heavy (non-hydrogen) atoms. The van der Waals surface area contributed by atoms with Crippen LogP contribution in [0.2, 0.25) is 19.6 Å². The Morgan fingerprint density at radius 1 is 0.692 bits per heavy atom. The van der Waals surface area contributed by atoms with Crippen molar-refractivity contribution >= 4 is 36.7 Å². The van der Waals surface area contributed by atoms with Crippen LogP contribution in [0.1, 0.15) is 22.3 Å². The van der Waals surface area contributed by atoms with E-state index in [0.717, 1.165) is 50.9 Å². The summed E-state index contributed by atoms with van der Waals surface area (Å²) >= 11 is 0. The van der Waals surface area contributed by atoms with Gasteiger partial charge in [-0.2, -0.15) is 0 Å². The van der Waals surface area contributed by atoms with Crippen LogP contribution >= 0.6 is 0 Å². The Kier molecular flexibility index (Phi) is 5.80. The lowest BCUT2D eigenvalue weighted by Gasteiger charge is -2.43. The first kappa shape index (κ1) is 25.2. The first-order valence-corrected chi connectivity index (χ1v) is 16.9. The summed E-state index contributed by atoms with van der Waals surface area (Å²) in [7, 11) is -2.20. The molecule has 0 saturated carbocycles. The van der Waals surface area contributed by atoms with Gasteiger partial charge >= 0.3 is 5.97 Å². The van der Waals surface area contributed by atoms with Crippen molar-refractivity contribution in [3.05, 3.63) is 107 Å². The number of nitrogens with zero attached hydrogens (tertiary/aromatic N) is 5. The van der Waals surface area contributed by atoms with Crippen LogP contribution in [0.15, 0.2) is 95.2 Å². The summed E-state index contributed by atoms with van der Waals surface area (Å²) in [5, 5.41) is 10.7. The molecule has 1 spiro atoms. The molecule has 0 amide bonds. The summed E-state index contributed by atoms with van der Waals surface area (Å²) in [6.45, 7) is 15.5. The van der Waals surface area contributed by atoms with Gasteiger partial charge in [-0.15, -0.1) is 0 Å². The highest BCUT2D eigenvalue weighted by Crippen LogP contribution is 2.52. The molecule has 0 radical (unpaired) electrons. The molecule has 2 heterocycles. The van der Waals surface area contributed by atoms with Crippen molar-refractivity contribution in [2.75, 3.05) is 4.57 Å². The predicted octanol–water partition coefficient (Wildman–Crippen LogP) is 9.13. The normalized spacial score (nSPS) is 18.2. The van der Waals surface area contributed by atoms with Crippen LogP contribution in [0.4, 0.5) is 28.4 Å². The van der Waals surface area contributed by atoms with Crippen LogP contribution in [-0.4, -0.2) is 23.6 Å². The van der Waals surface area contributed by atoms with E-state index in [1.807, 2.05) is 22.9 Å². The molecule has 6 nitrogen and oxygen atoms in total. The Labute approximate surface area is 231 Å². The lowest BCUT2D eigenvalue weighted by molar-refractivity contribution is -0.856. The summed E-state index contributed by atoms with van der Waals surface area (Å²) in [6.07, 6.45) is 0. The molecule has 6 rings (SSSR count). The molecular weight excluding hydrogens is 498 g/mol. The van der Waals surface area contributed by atoms with Crippen molar-refractivity contribution in [2.24, 2.45) is 10.2 Å². The van der Waals surface area contributed by atoms with Gasteiger partial charge in [0.05, 0.1) is 5.69 Å². The molecule has 2 aliphatic rings. The van der Waals surface area contributed by atoms with Crippen LogP contribution in [0, 0.1) is 27.7 Å². The highest BCUT2D eigenvalue weighted by atomic mass is 28.3. The van der Waals surface area contributed by atoms with Gasteiger partial charge in [0, 0.05) is 43.4 Å². The molecule has 0 unspecified atom stereocenters. The quantitative estimate of drug-likeness (QED) is 0.195. The van der Waals surface area contributed by atoms with Crippen molar-refractivity contribution in [3.63, 3.8) is 0 Å². The van der Waals surface area contributed by atoms with E-state index in [0.29, 0.717) is 0 Å². The van der Waals surface area contributed by atoms with Crippen molar-refractivity contribution in [1.82, 2.24) is 0 Å². The van der Waals surface area contributed by atoms with Gasteiger partial charge in [-0.3, -0.25) is 0 Å². The van der Waals surface area contributed by atoms with Crippen molar-refractivity contribution in [2.45, 2.75) is 53.3 Å². The molecule has 0 saturated heterocycles. The van der Waals surface area contributed by atoms with E-state index in [1.54, 1.807) is 0 Å².